The summed E-state index contributed by atoms with van der Waals surface area (Å²) >= 11 is 4.26. The smallest absolute Gasteiger partial charge is 0.352 e. The highest BCUT2D eigenvalue weighted by molar-refractivity contribution is 8.01. The average molecular weight is 482 g/mol. The van der Waals surface area contributed by atoms with Crippen molar-refractivity contribution in [3.8, 4) is 0 Å². The molecule has 0 spiro atoms. The Morgan fingerprint density at radius 1 is 1.29 bits per heavy atom. The van der Waals surface area contributed by atoms with E-state index >= 15 is 0 Å². The molecule has 9 nitrogen and oxygen atoms in total. The van der Waals surface area contributed by atoms with Crippen LogP contribution in [0.4, 0.5) is 0 Å². The van der Waals surface area contributed by atoms with E-state index in [4.69, 9.17) is 5.73 Å². The highest BCUT2D eigenvalue weighted by Crippen LogP contribution is 2.41. The molecule has 3 aliphatic rings. The van der Waals surface area contributed by atoms with Gasteiger partial charge in [0.1, 0.15) is 22.6 Å². The van der Waals surface area contributed by atoms with Crippen molar-refractivity contribution < 1.29 is 19.5 Å². The van der Waals surface area contributed by atoms with Gasteiger partial charge in [-0.25, -0.2) is 4.79 Å². The first-order valence-corrected chi connectivity index (χ1v) is 12.9. The zero-order valence-electron chi connectivity index (χ0n) is 16.7. The van der Waals surface area contributed by atoms with Crippen LogP contribution in [0.5, 0.6) is 0 Å². The van der Waals surface area contributed by atoms with Gasteiger partial charge < -0.3 is 16.2 Å². The number of carboxylic acid groups (broad SMARTS) is 1. The van der Waals surface area contributed by atoms with Crippen molar-refractivity contribution in [3.63, 3.8) is 0 Å². The molecule has 1 saturated heterocycles. The summed E-state index contributed by atoms with van der Waals surface area (Å²) in [7, 11) is 0. The molecule has 2 atom stereocenters. The SMILES string of the molecule is NCC1=C(CC(=O)NC2C(=O)N3C(C(=O)O)=C(CSc4nncs4)CS[C@@H]23)CCCC1. The molecule has 2 amide bonds. The molecule has 0 radical (unpaired) electrons. The van der Waals surface area contributed by atoms with E-state index in [1.54, 1.807) is 5.51 Å². The Bertz CT molecular complexity index is 946. The van der Waals surface area contributed by atoms with Gasteiger partial charge in [0.2, 0.25) is 5.91 Å². The molecule has 2 aliphatic heterocycles. The van der Waals surface area contributed by atoms with Gasteiger partial charge in [-0.3, -0.25) is 14.5 Å². The summed E-state index contributed by atoms with van der Waals surface area (Å²) in [6.45, 7) is 0.460. The van der Waals surface area contributed by atoms with E-state index in [0.29, 0.717) is 23.6 Å². The average Bonchev–Trinajstić information content (AvgIpc) is 3.29. The number of nitrogens with zero attached hydrogens (tertiary/aromatic N) is 3. The molecule has 1 unspecified atom stereocenters. The van der Waals surface area contributed by atoms with Gasteiger partial charge in [0.25, 0.3) is 5.91 Å². The molecule has 166 valence electrons. The predicted molar refractivity (Wildman–Crippen MR) is 119 cm³/mol. The molecule has 0 bridgehead atoms. The minimum Gasteiger partial charge on any atom is -0.477 e. The summed E-state index contributed by atoms with van der Waals surface area (Å²) in [6, 6.07) is -0.699. The monoisotopic (exact) mass is 481 g/mol. The normalized spacial score (nSPS) is 23.5. The second-order valence-electron chi connectivity index (χ2n) is 7.50. The number of nitrogens with one attached hydrogen (secondary N) is 1. The lowest BCUT2D eigenvalue weighted by Gasteiger charge is -2.49. The van der Waals surface area contributed by atoms with Crippen molar-refractivity contribution in [1.29, 1.82) is 0 Å². The highest BCUT2D eigenvalue weighted by Gasteiger charge is 2.54. The van der Waals surface area contributed by atoms with Crippen molar-refractivity contribution in [2.75, 3.05) is 18.1 Å². The van der Waals surface area contributed by atoms with E-state index in [2.05, 4.69) is 15.5 Å². The van der Waals surface area contributed by atoms with Crippen molar-refractivity contribution in [2.45, 2.75) is 47.9 Å². The van der Waals surface area contributed by atoms with Crippen LogP contribution in [0, 0.1) is 0 Å². The Labute approximate surface area is 191 Å². The van der Waals surface area contributed by atoms with Crippen LogP contribution in [0.1, 0.15) is 32.1 Å². The molecule has 3 heterocycles. The fourth-order valence-corrected chi connectivity index (χ4v) is 7.05. The number of hydrogen-bond donors (Lipinski definition) is 3. The second kappa shape index (κ2) is 9.72. The largest absolute Gasteiger partial charge is 0.477 e. The summed E-state index contributed by atoms with van der Waals surface area (Å²) in [5.74, 6) is -0.807. The fourth-order valence-electron chi connectivity index (χ4n) is 4.08. The summed E-state index contributed by atoms with van der Waals surface area (Å²) in [5, 5.41) is 19.9. The first kappa shape index (κ1) is 22.3. The molecular formula is C19H23N5O4S3. The number of β-lactam (4-membered cyclic amide) rings is 1. The number of nitrogens with two attached hydrogens (primary N) is 1. The third kappa shape index (κ3) is 4.66. The van der Waals surface area contributed by atoms with Crippen LogP contribution >= 0.6 is 34.9 Å². The number of hydrogen-bond acceptors (Lipinski definition) is 9. The van der Waals surface area contributed by atoms with E-state index in [1.165, 1.54) is 39.8 Å². The first-order chi connectivity index (χ1) is 15.0. The standard InChI is InChI=1S/C19H23N5O4S3/c20-6-11-4-2-1-3-10(11)5-13(25)22-14-16(26)24-15(18(27)28)12(7-29-17(14)24)8-30-19-23-21-9-31-19/h9,14,17H,1-8,20H2,(H,22,25)(H,27,28)/t14?,17-/m0/s1. The maximum atomic E-state index is 12.8. The van der Waals surface area contributed by atoms with Crippen LogP contribution in [0.25, 0.3) is 0 Å². The number of fused-ring (bicyclic) bond motifs is 1. The maximum Gasteiger partial charge on any atom is 0.352 e. The quantitative estimate of drug-likeness (QED) is 0.287. The number of carboxylic acids is 1. The van der Waals surface area contributed by atoms with Crippen LogP contribution in [0.3, 0.4) is 0 Å². The van der Waals surface area contributed by atoms with Gasteiger partial charge >= 0.3 is 5.97 Å². The highest BCUT2D eigenvalue weighted by atomic mass is 32.2. The molecule has 1 aliphatic carbocycles. The zero-order valence-corrected chi connectivity index (χ0v) is 19.2. The number of aromatic nitrogens is 2. The van der Waals surface area contributed by atoms with Crippen LogP contribution in [-0.4, -0.2) is 67.5 Å². The molecule has 1 aromatic heterocycles. The van der Waals surface area contributed by atoms with Crippen molar-refractivity contribution >= 4 is 52.6 Å². The third-order valence-electron chi connectivity index (χ3n) is 5.60. The fraction of sp³-hybridized carbons (Fsp3) is 0.526. The Morgan fingerprint density at radius 3 is 2.74 bits per heavy atom. The Hall–Kier alpha value is -1.89. The molecule has 1 aromatic rings. The molecule has 0 aromatic carbocycles. The number of amides is 2. The number of aliphatic carboxylic acids is 1. The molecule has 4 N–H and O–H groups in total. The second-order valence-corrected chi connectivity index (χ2v) is 10.7. The molecule has 1 fully saturated rings. The van der Waals surface area contributed by atoms with Crippen molar-refractivity contribution in [2.24, 2.45) is 5.73 Å². The lowest BCUT2D eigenvalue weighted by Crippen LogP contribution is -2.70. The molecule has 31 heavy (non-hydrogen) atoms. The third-order valence-corrected chi connectivity index (χ3v) is 8.89. The molecule has 4 rings (SSSR count). The van der Waals surface area contributed by atoms with Gasteiger partial charge in [-0.2, -0.15) is 0 Å². The minimum atomic E-state index is -1.13. The Balaban J connectivity index is 1.42. The summed E-state index contributed by atoms with van der Waals surface area (Å²) < 4.78 is 0.748. The summed E-state index contributed by atoms with van der Waals surface area (Å²) in [4.78, 5) is 38.6. The van der Waals surface area contributed by atoms with Crippen LogP contribution in [-0.2, 0) is 14.4 Å². The zero-order chi connectivity index (χ0) is 22.0. The van der Waals surface area contributed by atoms with Crippen molar-refractivity contribution in [1.82, 2.24) is 20.4 Å². The topological polar surface area (TPSA) is 139 Å². The van der Waals surface area contributed by atoms with Gasteiger partial charge in [-0.1, -0.05) is 34.2 Å². The van der Waals surface area contributed by atoms with Gasteiger partial charge in [0, 0.05) is 24.5 Å². The molecule has 0 saturated carbocycles. The predicted octanol–water partition coefficient (Wildman–Crippen LogP) is 1.59. The van der Waals surface area contributed by atoms with Gasteiger partial charge in [-0.05, 0) is 31.3 Å². The summed E-state index contributed by atoms with van der Waals surface area (Å²) in [6.07, 6.45) is 4.18. The summed E-state index contributed by atoms with van der Waals surface area (Å²) in [5.41, 5.74) is 10.3. The van der Waals surface area contributed by atoms with E-state index in [9.17, 15) is 19.5 Å². The maximum absolute atomic E-state index is 12.8. The van der Waals surface area contributed by atoms with Crippen LogP contribution < -0.4 is 11.1 Å². The minimum absolute atomic E-state index is 0.0247. The van der Waals surface area contributed by atoms with Crippen LogP contribution in [0.2, 0.25) is 0 Å². The van der Waals surface area contributed by atoms with Gasteiger partial charge in [-0.15, -0.1) is 22.0 Å². The van der Waals surface area contributed by atoms with E-state index in [-0.39, 0.29) is 23.9 Å². The molecular weight excluding hydrogens is 458 g/mol. The van der Waals surface area contributed by atoms with Gasteiger partial charge in [0.15, 0.2) is 4.34 Å². The van der Waals surface area contributed by atoms with Crippen molar-refractivity contribution in [3.05, 3.63) is 27.9 Å². The number of carbonyl (C=O) groups is 3. The van der Waals surface area contributed by atoms with Crippen LogP contribution in [0.15, 0.2) is 32.3 Å². The van der Waals surface area contributed by atoms with E-state index < -0.39 is 17.4 Å². The number of carbonyl (C=O) groups excluding carboxylic acids is 2. The number of rotatable bonds is 8. The number of thioether (sulfide) groups is 2. The molecule has 12 heteroatoms. The van der Waals surface area contributed by atoms with Gasteiger partial charge in [0.05, 0.1) is 0 Å². The van der Waals surface area contributed by atoms with E-state index in [0.717, 1.165) is 41.2 Å². The lowest BCUT2D eigenvalue weighted by atomic mass is 9.89. The Kier molecular flexibility index (Phi) is 6.99. The first-order valence-electron chi connectivity index (χ1n) is 9.97. The lowest BCUT2D eigenvalue weighted by molar-refractivity contribution is -0.150. The van der Waals surface area contributed by atoms with E-state index in [1.807, 2.05) is 0 Å². The Morgan fingerprint density at radius 2 is 2.06 bits per heavy atom.